The molecule has 0 aliphatic carbocycles. The Kier molecular flexibility index (Phi) is 7.08. The van der Waals surface area contributed by atoms with Crippen LogP contribution in [0.3, 0.4) is 0 Å². The van der Waals surface area contributed by atoms with Gasteiger partial charge < -0.3 is 20.6 Å². The maximum atomic E-state index is 10.7. The highest BCUT2D eigenvalue weighted by molar-refractivity contribution is 5.80. The van der Waals surface area contributed by atoms with Crippen LogP contribution in [-0.4, -0.2) is 51.7 Å². The molecule has 0 aromatic carbocycles. The molecule has 0 aromatic heterocycles. The Balaban J connectivity index is 3.87. The number of carbonyl (C=O) groups excluding carboxylic acids is 1. The van der Waals surface area contributed by atoms with Crippen molar-refractivity contribution in [2.75, 3.05) is 6.54 Å². The first kappa shape index (κ1) is 15.5. The lowest BCUT2D eigenvalue weighted by atomic mass is 10.1. The Hall–Kier alpha value is -1.47. The fourth-order valence-corrected chi connectivity index (χ4v) is 1.20. The molecule has 0 aromatic rings. The van der Waals surface area contributed by atoms with Crippen LogP contribution < -0.4 is 5.32 Å². The van der Waals surface area contributed by atoms with Gasteiger partial charge in [-0.25, -0.2) is 0 Å². The fraction of sp³-hybridized carbons (Fsp3) is 0.700. The first-order chi connectivity index (χ1) is 7.84. The van der Waals surface area contributed by atoms with Gasteiger partial charge in [-0.3, -0.25) is 14.4 Å². The van der Waals surface area contributed by atoms with Gasteiger partial charge in [0.25, 0.3) is 0 Å². The number of carboxylic acids is 2. The molecule has 0 saturated carbocycles. The van der Waals surface area contributed by atoms with E-state index in [9.17, 15) is 14.4 Å². The monoisotopic (exact) mass is 247 g/mol. The number of ketones is 1. The van der Waals surface area contributed by atoms with Crippen molar-refractivity contribution in [2.45, 2.75) is 38.3 Å². The maximum Gasteiger partial charge on any atom is 0.321 e. The molecule has 0 radical (unpaired) electrons. The fourth-order valence-electron chi connectivity index (χ4n) is 1.20. The van der Waals surface area contributed by atoms with Crippen molar-refractivity contribution in [3.63, 3.8) is 0 Å². The minimum Gasteiger partial charge on any atom is -0.481 e. The largest absolute Gasteiger partial charge is 0.481 e. The zero-order valence-corrected chi connectivity index (χ0v) is 9.55. The van der Waals surface area contributed by atoms with E-state index in [4.69, 9.17) is 15.3 Å². The van der Waals surface area contributed by atoms with E-state index in [0.29, 0.717) is 6.42 Å². The third-order valence-corrected chi connectivity index (χ3v) is 2.19. The Labute approximate surface area is 98.4 Å². The number of carboxylic acid groups (broad SMARTS) is 2. The Morgan fingerprint density at radius 1 is 1.24 bits per heavy atom. The first-order valence-corrected chi connectivity index (χ1v) is 5.21. The Morgan fingerprint density at radius 2 is 1.82 bits per heavy atom. The standard InChI is InChI=1S/C10H17NO6/c1-6(12)8(13)3-2-4-11-7(10(16)17)5-9(14)15/h7-8,11,13H,2-5H2,1H3,(H,14,15)(H,16,17). The third kappa shape index (κ3) is 7.42. The molecule has 0 fully saturated rings. The van der Waals surface area contributed by atoms with Gasteiger partial charge in [-0.05, 0) is 26.3 Å². The van der Waals surface area contributed by atoms with E-state index < -0.39 is 30.5 Å². The van der Waals surface area contributed by atoms with Gasteiger partial charge in [-0.2, -0.15) is 0 Å². The van der Waals surface area contributed by atoms with Crippen molar-refractivity contribution in [1.29, 1.82) is 0 Å². The molecule has 0 bridgehead atoms. The Bertz CT molecular complexity index is 291. The summed E-state index contributed by atoms with van der Waals surface area (Å²) < 4.78 is 0. The highest BCUT2D eigenvalue weighted by Crippen LogP contribution is 1.99. The second kappa shape index (κ2) is 7.75. The summed E-state index contributed by atoms with van der Waals surface area (Å²) in [6.45, 7) is 1.50. The van der Waals surface area contributed by atoms with Gasteiger partial charge in [0, 0.05) is 0 Å². The summed E-state index contributed by atoms with van der Waals surface area (Å²) in [4.78, 5) is 31.7. The molecule has 98 valence electrons. The van der Waals surface area contributed by atoms with Gasteiger partial charge >= 0.3 is 11.9 Å². The smallest absolute Gasteiger partial charge is 0.321 e. The summed E-state index contributed by atoms with van der Waals surface area (Å²) >= 11 is 0. The summed E-state index contributed by atoms with van der Waals surface area (Å²) in [6, 6.07) is -1.15. The predicted molar refractivity (Wildman–Crippen MR) is 57.6 cm³/mol. The molecular weight excluding hydrogens is 230 g/mol. The number of nitrogens with one attached hydrogen (secondary N) is 1. The zero-order valence-electron chi connectivity index (χ0n) is 9.55. The molecule has 0 amide bonds. The lowest BCUT2D eigenvalue weighted by molar-refractivity contribution is -0.145. The molecule has 2 unspecified atom stereocenters. The summed E-state index contributed by atoms with van der Waals surface area (Å²) in [7, 11) is 0. The van der Waals surface area contributed by atoms with Gasteiger partial charge in [-0.1, -0.05) is 0 Å². The number of hydrogen-bond donors (Lipinski definition) is 4. The third-order valence-electron chi connectivity index (χ3n) is 2.19. The number of aliphatic carboxylic acids is 2. The zero-order chi connectivity index (χ0) is 13.4. The topological polar surface area (TPSA) is 124 Å². The second-order valence-corrected chi connectivity index (χ2v) is 3.71. The van der Waals surface area contributed by atoms with E-state index in [1.807, 2.05) is 0 Å². The normalized spacial score (nSPS) is 14.0. The van der Waals surface area contributed by atoms with Crippen molar-refractivity contribution in [3.8, 4) is 0 Å². The van der Waals surface area contributed by atoms with E-state index >= 15 is 0 Å². The molecule has 0 aliphatic heterocycles. The SMILES string of the molecule is CC(=O)C(O)CCCNC(CC(=O)O)C(=O)O. The van der Waals surface area contributed by atoms with Gasteiger partial charge in [-0.15, -0.1) is 0 Å². The van der Waals surface area contributed by atoms with Crippen LogP contribution in [0.5, 0.6) is 0 Å². The molecular formula is C10H17NO6. The summed E-state index contributed by atoms with van der Waals surface area (Å²) in [6.07, 6.45) is -0.934. The molecule has 0 spiro atoms. The van der Waals surface area contributed by atoms with Crippen LogP contribution in [0.1, 0.15) is 26.2 Å². The van der Waals surface area contributed by atoms with Gasteiger partial charge in [0.05, 0.1) is 6.42 Å². The molecule has 0 heterocycles. The number of carbonyl (C=O) groups is 3. The minimum atomic E-state index is -1.24. The second-order valence-electron chi connectivity index (χ2n) is 3.71. The van der Waals surface area contributed by atoms with E-state index in [0.717, 1.165) is 0 Å². The average molecular weight is 247 g/mol. The van der Waals surface area contributed by atoms with Crippen molar-refractivity contribution in [2.24, 2.45) is 0 Å². The molecule has 2 atom stereocenters. The lowest BCUT2D eigenvalue weighted by Gasteiger charge is -2.12. The van der Waals surface area contributed by atoms with Crippen LogP contribution in [0.15, 0.2) is 0 Å². The minimum absolute atomic E-state index is 0.224. The highest BCUT2D eigenvalue weighted by atomic mass is 16.4. The maximum absolute atomic E-state index is 10.7. The Morgan fingerprint density at radius 3 is 2.24 bits per heavy atom. The molecule has 0 aliphatic rings. The highest BCUT2D eigenvalue weighted by Gasteiger charge is 2.20. The summed E-state index contributed by atoms with van der Waals surface area (Å²) in [5.74, 6) is -2.78. The van der Waals surface area contributed by atoms with E-state index in [-0.39, 0.29) is 18.7 Å². The van der Waals surface area contributed by atoms with Gasteiger partial charge in [0.15, 0.2) is 5.78 Å². The molecule has 17 heavy (non-hydrogen) atoms. The summed E-state index contributed by atoms with van der Waals surface area (Å²) in [5.41, 5.74) is 0. The van der Waals surface area contributed by atoms with E-state index in [1.165, 1.54) is 6.92 Å². The van der Waals surface area contributed by atoms with Crippen molar-refractivity contribution < 1.29 is 29.7 Å². The first-order valence-electron chi connectivity index (χ1n) is 5.21. The molecule has 4 N–H and O–H groups in total. The number of aliphatic hydroxyl groups is 1. The molecule has 7 nitrogen and oxygen atoms in total. The van der Waals surface area contributed by atoms with Gasteiger partial charge in [0.1, 0.15) is 12.1 Å². The predicted octanol–water partition coefficient (Wildman–Crippen LogP) is -0.766. The van der Waals surface area contributed by atoms with Crippen LogP contribution in [0.2, 0.25) is 0 Å². The van der Waals surface area contributed by atoms with E-state index in [2.05, 4.69) is 5.32 Å². The van der Waals surface area contributed by atoms with Crippen LogP contribution >= 0.6 is 0 Å². The molecule has 7 heteroatoms. The van der Waals surface area contributed by atoms with E-state index in [1.54, 1.807) is 0 Å². The van der Waals surface area contributed by atoms with Crippen molar-refractivity contribution in [1.82, 2.24) is 5.32 Å². The van der Waals surface area contributed by atoms with Crippen molar-refractivity contribution in [3.05, 3.63) is 0 Å². The molecule has 0 saturated heterocycles. The van der Waals surface area contributed by atoms with Crippen LogP contribution in [-0.2, 0) is 14.4 Å². The van der Waals surface area contributed by atoms with Crippen LogP contribution in [0, 0.1) is 0 Å². The summed E-state index contributed by atoms with van der Waals surface area (Å²) in [5, 5.41) is 28.9. The average Bonchev–Trinajstić information content (AvgIpc) is 2.21. The lowest BCUT2D eigenvalue weighted by Crippen LogP contribution is -2.39. The molecule has 0 rings (SSSR count). The quantitative estimate of drug-likeness (QED) is 0.394. The van der Waals surface area contributed by atoms with Gasteiger partial charge in [0.2, 0.25) is 0 Å². The number of hydrogen-bond acceptors (Lipinski definition) is 5. The number of Topliss-reactive ketones (excluding diaryl/α,β-unsaturated/α-hetero) is 1. The number of rotatable bonds is 9. The number of aliphatic hydroxyl groups excluding tert-OH is 1. The van der Waals surface area contributed by atoms with Crippen molar-refractivity contribution >= 4 is 17.7 Å². The van der Waals surface area contributed by atoms with Crippen LogP contribution in [0.4, 0.5) is 0 Å². The van der Waals surface area contributed by atoms with Crippen LogP contribution in [0.25, 0.3) is 0 Å².